The molecular weight excluding hydrogens is 268 g/mol. The Morgan fingerprint density at radius 2 is 2.05 bits per heavy atom. The van der Waals surface area contributed by atoms with Crippen LogP contribution in [0.25, 0.3) is 0 Å². The smallest absolute Gasteiger partial charge is 0.250 e. The van der Waals surface area contributed by atoms with Crippen LogP contribution < -0.4 is 10.9 Å². The third kappa shape index (κ3) is 3.33. The van der Waals surface area contributed by atoms with Crippen molar-refractivity contribution in [3.05, 3.63) is 34.7 Å². The van der Waals surface area contributed by atoms with Crippen LogP contribution in [0, 0.1) is 0 Å². The zero-order valence-corrected chi connectivity index (χ0v) is 12.2. The van der Waals surface area contributed by atoms with E-state index in [9.17, 15) is 9.59 Å². The summed E-state index contributed by atoms with van der Waals surface area (Å²) in [5.41, 5.74) is -0.122. The predicted octanol–water partition coefficient (Wildman–Crippen LogP) is -0.646. The number of rotatable bonds is 3. The summed E-state index contributed by atoms with van der Waals surface area (Å²) in [6.45, 7) is 5.92. The molecule has 1 N–H and O–H groups in total. The van der Waals surface area contributed by atoms with E-state index in [1.807, 2.05) is 4.90 Å². The van der Waals surface area contributed by atoms with Crippen LogP contribution in [0.4, 0.5) is 0 Å². The van der Waals surface area contributed by atoms with Gasteiger partial charge < -0.3 is 14.8 Å². The van der Waals surface area contributed by atoms with Gasteiger partial charge in [0.25, 0.3) is 5.56 Å². The van der Waals surface area contributed by atoms with Crippen molar-refractivity contribution in [1.82, 2.24) is 19.7 Å². The molecule has 21 heavy (non-hydrogen) atoms. The maximum atomic E-state index is 12.3. The zero-order chi connectivity index (χ0) is 14.7. The van der Waals surface area contributed by atoms with E-state index < -0.39 is 0 Å². The highest BCUT2D eigenvalue weighted by atomic mass is 16.2. The molecule has 1 unspecified atom stereocenters. The van der Waals surface area contributed by atoms with Gasteiger partial charge in [-0.1, -0.05) is 6.07 Å². The lowest BCUT2D eigenvalue weighted by molar-refractivity contribution is -0.131. The van der Waals surface area contributed by atoms with Crippen LogP contribution in [0.1, 0.15) is 6.42 Å². The number of aromatic nitrogens is 1. The number of hydrogen-bond donors (Lipinski definition) is 1. The molecule has 3 rings (SSSR count). The van der Waals surface area contributed by atoms with Crippen molar-refractivity contribution in [2.75, 3.05) is 39.3 Å². The van der Waals surface area contributed by atoms with E-state index in [-0.39, 0.29) is 18.0 Å². The van der Waals surface area contributed by atoms with E-state index in [2.05, 4.69) is 10.2 Å². The number of carbonyl (C=O) groups excluding carboxylic acids is 1. The molecule has 0 aromatic carbocycles. The van der Waals surface area contributed by atoms with Gasteiger partial charge in [-0.2, -0.15) is 0 Å². The maximum absolute atomic E-state index is 12.3. The Morgan fingerprint density at radius 1 is 1.24 bits per heavy atom. The molecule has 0 saturated carbocycles. The van der Waals surface area contributed by atoms with Crippen molar-refractivity contribution in [3.63, 3.8) is 0 Å². The fourth-order valence-corrected chi connectivity index (χ4v) is 3.15. The molecule has 0 spiro atoms. The van der Waals surface area contributed by atoms with Crippen molar-refractivity contribution in [2.24, 2.45) is 0 Å². The largest absolute Gasteiger partial charge is 0.340 e. The molecule has 6 nitrogen and oxygen atoms in total. The van der Waals surface area contributed by atoms with Crippen LogP contribution in [0.2, 0.25) is 0 Å². The van der Waals surface area contributed by atoms with E-state index in [4.69, 9.17) is 0 Å². The molecule has 2 fully saturated rings. The molecule has 1 amide bonds. The average molecular weight is 290 g/mol. The number of piperazine rings is 1. The second kappa shape index (κ2) is 6.41. The highest BCUT2D eigenvalue weighted by molar-refractivity contribution is 5.76. The first-order valence-electron chi connectivity index (χ1n) is 7.62. The van der Waals surface area contributed by atoms with Crippen molar-refractivity contribution >= 4 is 5.91 Å². The van der Waals surface area contributed by atoms with Crippen LogP contribution in [-0.4, -0.2) is 65.6 Å². The fourth-order valence-electron chi connectivity index (χ4n) is 3.15. The summed E-state index contributed by atoms with van der Waals surface area (Å²) in [5.74, 6) is 0.0425. The summed E-state index contributed by atoms with van der Waals surface area (Å²) >= 11 is 0. The Bertz CT molecular complexity index is 551. The second-order valence-electron chi connectivity index (χ2n) is 5.73. The molecule has 2 aliphatic heterocycles. The van der Waals surface area contributed by atoms with Crippen LogP contribution in [0.3, 0.4) is 0 Å². The Kier molecular flexibility index (Phi) is 4.36. The lowest BCUT2D eigenvalue weighted by Gasteiger charge is -2.32. The van der Waals surface area contributed by atoms with Gasteiger partial charge in [0, 0.05) is 57.6 Å². The molecule has 1 atom stereocenters. The van der Waals surface area contributed by atoms with Crippen LogP contribution in [0.5, 0.6) is 0 Å². The van der Waals surface area contributed by atoms with Gasteiger partial charge in [-0.3, -0.25) is 14.5 Å². The van der Waals surface area contributed by atoms with Crippen molar-refractivity contribution in [1.29, 1.82) is 0 Å². The molecule has 0 aliphatic carbocycles. The number of likely N-dealkylation sites (tertiary alicyclic amines) is 1. The Balaban J connectivity index is 1.57. The number of nitrogens with one attached hydrogen (secondary N) is 1. The Labute approximate surface area is 124 Å². The number of amides is 1. The van der Waals surface area contributed by atoms with E-state index in [1.54, 1.807) is 18.3 Å². The molecule has 3 heterocycles. The molecule has 114 valence electrons. The Morgan fingerprint density at radius 3 is 2.81 bits per heavy atom. The van der Waals surface area contributed by atoms with Crippen molar-refractivity contribution in [2.45, 2.75) is 19.0 Å². The molecular formula is C15H22N4O2. The minimum Gasteiger partial charge on any atom is -0.340 e. The lowest BCUT2D eigenvalue weighted by atomic mass is 10.2. The van der Waals surface area contributed by atoms with Crippen LogP contribution in [0.15, 0.2) is 29.2 Å². The molecule has 2 aliphatic rings. The highest BCUT2D eigenvalue weighted by Crippen LogP contribution is 2.16. The average Bonchev–Trinajstić information content (AvgIpc) is 3.00. The summed E-state index contributed by atoms with van der Waals surface area (Å²) in [5, 5.41) is 3.35. The first-order chi connectivity index (χ1) is 10.2. The first-order valence-corrected chi connectivity index (χ1v) is 7.62. The predicted molar refractivity (Wildman–Crippen MR) is 80.1 cm³/mol. The third-order valence-corrected chi connectivity index (χ3v) is 4.39. The summed E-state index contributed by atoms with van der Waals surface area (Å²) < 4.78 is 1.47. The minimum absolute atomic E-state index is 0.0425. The van der Waals surface area contributed by atoms with Gasteiger partial charge in [-0.25, -0.2) is 0 Å². The zero-order valence-electron chi connectivity index (χ0n) is 12.2. The molecule has 6 heteroatoms. The summed E-state index contributed by atoms with van der Waals surface area (Å²) in [7, 11) is 0. The fraction of sp³-hybridized carbons (Fsp3) is 0.600. The standard InChI is InChI=1S/C15H22N4O2/c20-14-3-1-2-7-18(14)12-15(21)19-8-4-13(11-19)17-9-5-16-6-10-17/h1-3,7,13,16H,4-6,8-12H2. The topological polar surface area (TPSA) is 57.6 Å². The summed E-state index contributed by atoms with van der Waals surface area (Å²) in [6.07, 6.45) is 2.71. The summed E-state index contributed by atoms with van der Waals surface area (Å²) in [6, 6.07) is 5.44. The molecule has 1 aromatic rings. The van der Waals surface area contributed by atoms with E-state index in [1.165, 1.54) is 10.6 Å². The SMILES string of the molecule is O=C(Cn1ccccc1=O)N1CCC(N2CCNCC2)C1. The van der Waals surface area contributed by atoms with Gasteiger partial charge in [0.05, 0.1) is 0 Å². The van der Waals surface area contributed by atoms with E-state index in [0.717, 1.165) is 45.7 Å². The first kappa shape index (κ1) is 14.3. The lowest BCUT2D eigenvalue weighted by Crippen LogP contribution is -2.49. The molecule has 1 aromatic heterocycles. The third-order valence-electron chi connectivity index (χ3n) is 4.39. The maximum Gasteiger partial charge on any atom is 0.250 e. The van der Waals surface area contributed by atoms with Crippen LogP contribution in [-0.2, 0) is 11.3 Å². The van der Waals surface area contributed by atoms with Crippen molar-refractivity contribution < 1.29 is 4.79 Å². The van der Waals surface area contributed by atoms with Gasteiger partial charge in [-0.05, 0) is 12.5 Å². The van der Waals surface area contributed by atoms with Gasteiger partial charge in [0.1, 0.15) is 6.54 Å². The normalized spacial score (nSPS) is 23.4. The van der Waals surface area contributed by atoms with Gasteiger partial charge in [0.2, 0.25) is 5.91 Å². The van der Waals surface area contributed by atoms with Crippen LogP contribution >= 0.6 is 0 Å². The number of nitrogens with zero attached hydrogens (tertiary/aromatic N) is 3. The number of pyridine rings is 1. The minimum atomic E-state index is -0.122. The Hall–Kier alpha value is -1.66. The molecule has 0 bridgehead atoms. The number of hydrogen-bond acceptors (Lipinski definition) is 4. The highest BCUT2D eigenvalue weighted by Gasteiger charge is 2.30. The van der Waals surface area contributed by atoms with Gasteiger partial charge in [-0.15, -0.1) is 0 Å². The molecule has 0 radical (unpaired) electrons. The van der Waals surface area contributed by atoms with E-state index >= 15 is 0 Å². The molecule has 2 saturated heterocycles. The van der Waals surface area contributed by atoms with E-state index in [0.29, 0.717) is 6.04 Å². The number of carbonyl (C=O) groups is 1. The quantitative estimate of drug-likeness (QED) is 0.804. The monoisotopic (exact) mass is 290 g/mol. The summed E-state index contributed by atoms with van der Waals surface area (Å²) in [4.78, 5) is 28.4. The van der Waals surface area contributed by atoms with Crippen molar-refractivity contribution in [3.8, 4) is 0 Å². The van der Waals surface area contributed by atoms with Gasteiger partial charge >= 0.3 is 0 Å². The second-order valence-corrected chi connectivity index (χ2v) is 5.73. The van der Waals surface area contributed by atoms with Gasteiger partial charge in [0.15, 0.2) is 0 Å².